The first-order chi connectivity index (χ1) is 7.66. The molecule has 1 heterocycles. The Kier molecular flexibility index (Phi) is 4.04. The molecule has 1 saturated heterocycles. The molecule has 16 heavy (non-hydrogen) atoms. The van der Waals surface area contributed by atoms with E-state index in [1.165, 1.54) is 18.4 Å². The lowest BCUT2D eigenvalue weighted by Gasteiger charge is -2.36. The fourth-order valence-corrected chi connectivity index (χ4v) is 3.36. The van der Waals surface area contributed by atoms with Crippen molar-refractivity contribution in [3.8, 4) is 0 Å². The van der Waals surface area contributed by atoms with E-state index in [9.17, 15) is 5.11 Å². The van der Waals surface area contributed by atoms with Gasteiger partial charge in [-0.05, 0) is 51.0 Å². The van der Waals surface area contributed by atoms with E-state index < -0.39 is 0 Å². The molecule has 2 nitrogen and oxygen atoms in total. The summed E-state index contributed by atoms with van der Waals surface area (Å²) in [6.45, 7) is 5.54. The molecule has 2 aliphatic rings. The minimum absolute atomic E-state index is 0.147. The topological polar surface area (TPSA) is 32.3 Å². The third-order valence-corrected chi connectivity index (χ3v) is 4.07. The average Bonchev–Trinajstić information content (AvgIpc) is 2.28. The number of hydrogen-bond donors (Lipinski definition) is 2. The van der Waals surface area contributed by atoms with E-state index in [4.69, 9.17) is 0 Å². The van der Waals surface area contributed by atoms with E-state index in [2.05, 4.69) is 25.2 Å². The number of allylic oxidation sites excluding steroid dienone is 2. The van der Waals surface area contributed by atoms with Crippen molar-refractivity contribution in [2.45, 2.75) is 58.1 Å². The summed E-state index contributed by atoms with van der Waals surface area (Å²) in [5, 5.41) is 13.9. The maximum atomic E-state index is 10.4. The van der Waals surface area contributed by atoms with Crippen molar-refractivity contribution < 1.29 is 5.11 Å². The van der Waals surface area contributed by atoms with Gasteiger partial charge in [-0.15, -0.1) is 0 Å². The number of piperidine rings is 1. The van der Waals surface area contributed by atoms with Crippen LogP contribution in [0.1, 0.15) is 46.0 Å². The van der Waals surface area contributed by atoms with Gasteiger partial charge in [-0.2, -0.15) is 0 Å². The van der Waals surface area contributed by atoms with Crippen molar-refractivity contribution in [2.75, 3.05) is 6.54 Å². The van der Waals surface area contributed by atoms with Crippen LogP contribution in [0.15, 0.2) is 11.6 Å². The summed E-state index contributed by atoms with van der Waals surface area (Å²) >= 11 is 0. The Morgan fingerprint density at radius 1 is 1.44 bits per heavy atom. The molecule has 1 aliphatic carbocycles. The van der Waals surface area contributed by atoms with Crippen molar-refractivity contribution in [3.63, 3.8) is 0 Å². The van der Waals surface area contributed by atoms with Gasteiger partial charge >= 0.3 is 0 Å². The number of hydrogen-bond acceptors (Lipinski definition) is 2. The second-order valence-electron chi connectivity index (χ2n) is 5.74. The normalized spacial score (nSPS) is 37.9. The zero-order valence-corrected chi connectivity index (χ0v) is 10.6. The summed E-state index contributed by atoms with van der Waals surface area (Å²) in [6.07, 6.45) is 8.13. The number of rotatable bonds is 2. The molecule has 1 fully saturated rings. The molecule has 2 heteroatoms. The van der Waals surface area contributed by atoms with Crippen LogP contribution in [0.5, 0.6) is 0 Å². The summed E-state index contributed by atoms with van der Waals surface area (Å²) in [7, 11) is 0. The van der Waals surface area contributed by atoms with Gasteiger partial charge in [0.25, 0.3) is 0 Å². The van der Waals surface area contributed by atoms with Gasteiger partial charge in [0.2, 0.25) is 0 Å². The molecular weight excluding hydrogens is 198 g/mol. The first-order valence-corrected chi connectivity index (χ1v) is 6.75. The summed E-state index contributed by atoms with van der Waals surface area (Å²) in [5.41, 5.74) is 1.46. The lowest BCUT2D eigenvalue weighted by atomic mass is 9.77. The molecule has 0 aromatic rings. The fraction of sp³-hybridized carbons (Fsp3) is 0.857. The Bertz CT molecular complexity index is 255. The number of aliphatic hydroxyl groups is 1. The van der Waals surface area contributed by atoms with Crippen LogP contribution in [0.2, 0.25) is 0 Å². The molecule has 2 N–H and O–H groups in total. The van der Waals surface area contributed by atoms with Gasteiger partial charge in [0.15, 0.2) is 0 Å². The highest BCUT2D eigenvalue weighted by Crippen LogP contribution is 2.32. The van der Waals surface area contributed by atoms with Crippen LogP contribution in [0.25, 0.3) is 0 Å². The first kappa shape index (κ1) is 12.1. The molecule has 0 amide bonds. The molecule has 0 aromatic carbocycles. The van der Waals surface area contributed by atoms with Crippen molar-refractivity contribution >= 4 is 0 Å². The van der Waals surface area contributed by atoms with Gasteiger partial charge < -0.3 is 10.4 Å². The van der Waals surface area contributed by atoms with Gasteiger partial charge in [-0.3, -0.25) is 0 Å². The zero-order chi connectivity index (χ0) is 11.5. The molecule has 0 saturated carbocycles. The van der Waals surface area contributed by atoms with E-state index >= 15 is 0 Å². The molecule has 0 aromatic heterocycles. The Morgan fingerprint density at radius 3 is 2.88 bits per heavy atom. The van der Waals surface area contributed by atoms with Crippen molar-refractivity contribution in [2.24, 2.45) is 11.8 Å². The standard InChI is InChI=1S/C14H25NO/c1-10-7-11(2)9-12(8-10)14(16)13-5-3-4-6-15-13/h7,10,12-16H,3-6,8-9H2,1-2H3. The Balaban J connectivity index is 1.93. The quantitative estimate of drug-likeness (QED) is 0.705. The van der Waals surface area contributed by atoms with E-state index in [0.717, 1.165) is 25.8 Å². The van der Waals surface area contributed by atoms with Gasteiger partial charge in [-0.25, -0.2) is 0 Å². The molecule has 0 spiro atoms. The SMILES string of the molecule is CC1=CC(C)CC(C(O)C2CCCCN2)C1. The van der Waals surface area contributed by atoms with E-state index in [1.54, 1.807) is 0 Å². The second kappa shape index (κ2) is 5.33. The smallest absolute Gasteiger partial charge is 0.0724 e. The lowest BCUT2D eigenvalue weighted by Crippen LogP contribution is -2.47. The predicted octanol–water partition coefficient (Wildman–Crippen LogP) is 2.48. The third kappa shape index (κ3) is 2.86. The highest BCUT2D eigenvalue weighted by Gasteiger charge is 2.31. The Hall–Kier alpha value is -0.340. The van der Waals surface area contributed by atoms with Crippen LogP contribution in [-0.4, -0.2) is 23.8 Å². The minimum atomic E-state index is -0.147. The van der Waals surface area contributed by atoms with Gasteiger partial charge in [0.05, 0.1) is 6.10 Å². The van der Waals surface area contributed by atoms with Crippen molar-refractivity contribution in [3.05, 3.63) is 11.6 Å². The lowest BCUT2D eigenvalue weighted by molar-refractivity contribution is 0.0475. The van der Waals surface area contributed by atoms with Crippen LogP contribution in [-0.2, 0) is 0 Å². The zero-order valence-electron chi connectivity index (χ0n) is 10.6. The highest BCUT2D eigenvalue weighted by molar-refractivity contribution is 5.08. The largest absolute Gasteiger partial charge is 0.391 e. The summed E-state index contributed by atoms with van der Waals surface area (Å²) in [5.74, 6) is 1.10. The number of nitrogens with one attached hydrogen (secondary N) is 1. The maximum Gasteiger partial charge on any atom is 0.0724 e. The molecule has 0 radical (unpaired) electrons. The van der Waals surface area contributed by atoms with E-state index in [-0.39, 0.29) is 6.10 Å². The van der Waals surface area contributed by atoms with Gasteiger partial charge in [0.1, 0.15) is 0 Å². The maximum absolute atomic E-state index is 10.4. The van der Waals surface area contributed by atoms with E-state index in [0.29, 0.717) is 17.9 Å². The molecule has 2 rings (SSSR count). The fourth-order valence-electron chi connectivity index (χ4n) is 3.36. The van der Waals surface area contributed by atoms with Crippen LogP contribution in [0.3, 0.4) is 0 Å². The summed E-state index contributed by atoms with van der Waals surface area (Å²) < 4.78 is 0. The summed E-state index contributed by atoms with van der Waals surface area (Å²) in [6, 6.07) is 0.344. The van der Waals surface area contributed by atoms with Crippen LogP contribution in [0, 0.1) is 11.8 Å². The molecule has 92 valence electrons. The average molecular weight is 223 g/mol. The van der Waals surface area contributed by atoms with Crippen LogP contribution >= 0.6 is 0 Å². The second-order valence-corrected chi connectivity index (χ2v) is 5.74. The molecule has 4 atom stereocenters. The predicted molar refractivity (Wildman–Crippen MR) is 67.3 cm³/mol. The Morgan fingerprint density at radius 2 is 2.25 bits per heavy atom. The third-order valence-electron chi connectivity index (χ3n) is 4.07. The van der Waals surface area contributed by atoms with Crippen LogP contribution in [0.4, 0.5) is 0 Å². The van der Waals surface area contributed by atoms with Gasteiger partial charge in [-0.1, -0.05) is 25.0 Å². The molecule has 0 bridgehead atoms. The van der Waals surface area contributed by atoms with E-state index in [1.807, 2.05) is 0 Å². The van der Waals surface area contributed by atoms with Crippen molar-refractivity contribution in [1.29, 1.82) is 0 Å². The molecule has 4 unspecified atom stereocenters. The van der Waals surface area contributed by atoms with Crippen molar-refractivity contribution in [1.82, 2.24) is 5.32 Å². The van der Waals surface area contributed by atoms with Crippen LogP contribution < -0.4 is 5.32 Å². The summed E-state index contributed by atoms with van der Waals surface area (Å²) in [4.78, 5) is 0. The molecular formula is C14H25NO. The monoisotopic (exact) mass is 223 g/mol. The minimum Gasteiger partial charge on any atom is -0.391 e. The molecule has 1 aliphatic heterocycles. The number of aliphatic hydroxyl groups excluding tert-OH is 1. The van der Waals surface area contributed by atoms with Gasteiger partial charge in [0, 0.05) is 6.04 Å². The highest BCUT2D eigenvalue weighted by atomic mass is 16.3. The Labute approximate surface area is 99.1 Å². The first-order valence-electron chi connectivity index (χ1n) is 6.75.